The first-order valence-electron chi connectivity index (χ1n) is 9.16. The molecule has 0 radical (unpaired) electrons. The minimum atomic E-state index is -0.591. The van der Waals surface area contributed by atoms with Gasteiger partial charge in [0.25, 0.3) is 5.91 Å². The van der Waals surface area contributed by atoms with Gasteiger partial charge in [0.2, 0.25) is 5.96 Å². The van der Waals surface area contributed by atoms with Gasteiger partial charge in [-0.15, -0.1) is 0 Å². The largest absolute Gasteiger partial charge is 0.396 e. The summed E-state index contributed by atoms with van der Waals surface area (Å²) in [5, 5.41) is 9.12. The quantitative estimate of drug-likeness (QED) is 0.764. The van der Waals surface area contributed by atoms with Crippen molar-refractivity contribution in [2.24, 2.45) is 4.99 Å². The normalized spacial score (nSPS) is 24.2. The lowest BCUT2D eigenvalue weighted by molar-refractivity contribution is -0.136. The monoisotopic (exact) mass is 447 g/mol. The van der Waals surface area contributed by atoms with Crippen LogP contribution in [0.3, 0.4) is 0 Å². The van der Waals surface area contributed by atoms with E-state index in [2.05, 4.69) is 15.9 Å². The summed E-state index contributed by atoms with van der Waals surface area (Å²) in [6.45, 7) is 4.09. The number of nitrogens with zero attached hydrogens (tertiary/aromatic N) is 5. The van der Waals surface area contributed by atoms with E-state index in [1.54, 1.807) is 7.05 Å². The number of benzene rings is 1. The van der Waals surface area contributed by atoms with Crippen molar-refractivity contribution in [2.75, 3.05) is 25.1 Å². The zero-order valence-corrected chi connectivity index (χ0v) is 17.5. The number of aliphatic hydroxyl groups is 1. The molecule has 3 aliphatic rings. The van der Waals surface area contributed by atoms with Crippen molar-refractivity contribution in [2.45, 2.75) is 32.5 Å². The van der Waals surface area contributed by atoms with Gasteiger partial charge in [0.15, 0.2) is 12.2 Å². The number of fused-ring (bicyclic) bond motifs is 3. The first-order valence-corrected chi connectivity index (χ1v) is 9.95. The molecule has 28 heavy (non-hydrogen) atoms. The Morgan fingerprint density at radius 2 is 1.82 bits per heavy atom. The Morgan fingerprint density at radius 3 is 2.46 bits per heavy atom. The Labute approximate surface area is 171 Å². The van der Waals surface area contributed by atoms with E-state index >= 15 is 0 Å². The minimum absolute atomic E-state index is 0.0737. The van der Waals surface area contributed by atoms with Crippen molar-refractivity contribution < 1.29 is 14.7 Å². The Morgan fingerprint density at radius 1 is 1.14 bits per heavy atom. The molecule has 2 unspecified atom stereocenters. The number of likely N-dealkylation sites (N-methyl/N-ethyl adjacent to an activating group) is 1. The van der Waals surface area contributed by atoms with Crippen LogP contribution in [-0.2, 0) is 4.79 Å². The molecule has 3 aliphatic heterocycles. The highest BCUT2D eigenvalue weighted by Crippen LogP contribution is 2.40. The summed E-state index contributed by atoms with van der Waals surface area (Å²) < 4.78 is 0.979. The molecule has 1 saturated heterocycles. The van der Waals surface area contributed by atoms with E-state index < -0.39 is 12.2 Å². The molecule has 148 valence electrons. The lowest BCUT2D eigenvalue weighted by Crippen LogP contribution is -2.64. The van der Waals surface area contributed by atoms with Crippen molar-refractivity contribution in [3.8, 4) is 0 Å². The minimum Gasteiger partial charge on any atom is -0.396 e. The molecule has 1 N–H and O–H groups in total. The first-order chi connectivity index (χ1) is 13.4. The van der Waals surface area contributed by atoms with Gasteiger partial charge in [-0.3, -0.25) is 19.5 Å². The second-order valence-electron chi connectivity index (χ2n) is 7.10. The maximum atomic E-state index is 13.2. The van der Waals surface area contributed by atoms with Crippen LogP contribution in [-0.4, -0.2) is 70.1 Å². The third kappa shape index (κ3) is 2.64. The van der Waals surface area contributed by atoms with Crippen molar-refractivity contribution in [3.63, 3.8) is 0 Å². The molecule has 4 rings (SSSR count). The van der Waals surface area contributed by atoms with Gasteiger partial charge in [0, 0.05) is 41.8 Å². The summed E-state index contributed by atoms with van der Waals surface area (Å²) in [5.41, 5.74) is 2.87. The molecule has 0 aliphatic carbocycles. The van der Waals surface area contributed by atoms with Crippen LogP contribution in [0.25, 0.3) is 0 Å². The van der Waals surface area contributed by atoms with Crippen LogP contribution in [0.4, 0.5) is 10.5 Å². The molecule has 1 aromatic rings. The Kier molecular flexibility index (Phi) is 4.67. The number of halogens is 1. The van der Waals surface area contributed by atoms with Crippen LogP contribution in [0.1, 0.15) is 20.3 Å². The molecule has 0 spiro atoms. The van der Waals surface area contributed by atoms with Crippen LogP contribution >= 0.6 is 15.9 Å². The highest BCUT2D eigenvalue weighted by atomic mass is 79.9. The van der Waals surface area contributed by atoms with Gasteiger partial charge in [-0.1, -0.05) is 15.9 Å². The molecule has 0 aromatic heterocycles. The number of hydrogen-bond donors (Lipinski definition) is 1. The molecule has 1 fully saturated rings. The predicted octanol–water partition coefficient (Wildman–Crippen LogP) is 2.16. The topological polar surface area (TPSA) is 79.7 Å². The smallest absolute Gasteiger partial charge is 0.328 e. The van der Waals surface area contributed by atoms with E-state index in [9.17, 15) is 9.59 Å². The van der Waals surface area contributed by atoms with Gasteiger partial charge in [0.05, 0.1) is 0 Å². The van der Waals surface area contributed by atoms with Crippen molar-refractivity contribution in [3.05, 3.63) is 40.1 Å². The number of hydrogen-bond acceptors (Lipinski definition) is 6. The molecule has 3 amide bonds. The standard InChI is InChI=1S/C19H22BrN5O3/c1-11-12(2)25-15-16(22(3)19(28)23(17(15)27)9-4-10-26)21-18(25)24(11)14-7-5-13(20)6-8-14/h5-8,15-16,26H,4,9-10H2,1-3H3. The number of urea groups is 1. The first kappa shape index (κ1) is 18.9. The highest BCUT2D eigenvalue weighted by molar-refractivity contribution is 9.10. The summed E-state index contributed by atoms with van der Waals surface area (Å²) in [6.07, 6.45) is -0.212. The maximum absolute atomic E-state index is 13.2. The molecule has 8 nitrogen and oxygen atoms in total. The number of carbonyl (C=O) groups excluding carboxylic acids is 2. The van der Waals surface area contributed by atoms with Crippen molar-refractivity contribution in [1.29, 1.82) is 0 Å². The van der Waals surface area contributed by atoms with Crippen LogP contribution in [0.2, 0.25) is 0 Å². The van der Waals surface area contributed by atoms with Gasteiger partial charge in [-0.2, -0.15) is 0 Å². The number of carbonyl (C=O) groups is 2. The van der Waals surface area contributed by atoms with E-state index in [-0.39, 0.29) is 25.1 Å². The number of imide groups is 1. The average molecular weight is 448 g/mol. The van der Waals surface area contributed by atoms with E-state index in [0.717, 1.165) is 21.6 Å². The highest BCUT2D eigenvalue weighted by Gasteiger charge is 2.55. The second-order valence-corrected chi connectivity index (χ2v) is 8.02. The number of guanidine groups is 1. The van der Waals surface area contributed by atoms with Crippen LogP contribution in [0.15, 0.2) is 45.1 Å². The third-order valence-electron chi connectivity index (χ3n) is 5.52. The van der Waals surface area contributed by atoms with Crippen molar-refractivity contribution >= 4 is 39.5 Å². The van der Waals surface area contributed by atoms with Gasteiger partial charge >= 0.3 is 6.03 Å². The lowest BCUT2D eigenvalue weighted by atomic mass is 10.1. The van der Waals surface area contributed by atoms with Crippen LogP contribution in [0, 0.1) is 0 Å². The van der Waals surface area contributed by atoms with Gasteiger partial charge in [-0.25, -0.2) is 9.79 Å². The van der Waals surface area contributed by atoms with Gasteiger partial charge in [0.1, 0.15) is 0 Å². The average Bonchev–Trinajstić information content (AvgIpc) is 3.17. The van der Waals surface area contributed by atoms with E-state index in [4.69, 9.17) is 10.1 Å². The Hall–Kier alpha value is -2.39. The number of aliphatic imine (C=N–C) groups is 1. The maximum Gasteiger partial charge on any atom is 0.328 e. The third-order valence-corrected chi connectivity index (χ3v) is 6.05. The van der Waals surface area contributed by atoms with E-state index in [0.29, 0.717) is 12.4 Å². The number of allylic oxidation sites excluding steroid dienone is 2. The van der Waals surface area contributed by atoms with E-state index in [1.807, 2.05) is 47.9 Å². The number of aliphatic hydroxyl groups excluding tert-OH is 1. The Bertz CT molecular complexity index is 897. The molecule has 2 atom stereocenters. The molecule has 0 saturated carbocycles. The SMILES string of the molecule is CC1=C(C)N2C(=NC3C2C(=O)N(CCCO)C(=O)N3C)N1c1ccc(Br)cc1. The summed E-state index contributed by atoms with van der Waals surface area (Å²) in [7, 11) is 1.67. The molecule has 1 aromatic carbocycles. The number of anilines is 1. The van der Waals surface area contributed by atoms with Gasteiger partial charge in [-0.05, 0) is 44.5 Å². The molecular formula is C19H22BrN5O3. The van der Waals surface area contributed by atoms with E-state index in [1.165, 1.54) is 9.80 Å². The molecule has 9 heteroatoms. The molecule has 0 bridgehead atoms. The second kappa shape index (κ2) is 6.89. The fourth-order valence-corrected chi connectivity index (χ4v) is 4.21. The zero-order chi connectivity index (χ0) is 20.2. The molecule has 3 heterocycles. The van der Waals surface area contributed by atoms with Crippen molar-refractivity contribution in [1.82, 2.24) is 14.7 Å². The lowest BCUT2D eigenvalue weighted by Gasteiger charge is -2.40. The number of amides is 3. The zero-order valence-electron chi connectivity index (χ0n) is 16.0. The van der Waals surface area contributed by atoms with Crippen LogP contribution < -0.4 is 4.90 Å². The fourth-order valence-electron chi connectivity index (χ4n) is 3.95. The van der Waals surface area contributed by atoms with Gasteiger partial charge < -0.3 is 10.0 Å². The summed E-state index contributed by atoms with van der Waals surface area (Å²) in [5.74, 6) is 0.384. The molecular weight excluding hydrogens is 426 g/mol. The summed E-state index contributed by atoms with van der Waals surface area (Å²) in [4.78, 5) is 37.3. The van der Waals surface area contributed by atoms with Crippen LogP contribution in [0.5, 0.6) is 0 Å². The Balaban J connectivity index is 1.73. The summed E-state index contributed by atoms with van der Waals surface area (Å²) in [6, 6.07) is 6.92. The fraction of sp³-hybridized carbons (Fsp3) is 0.421. The predicted molar refractivity (Wildman–Crippen MR) is 108 cm³/mol. The number of rotatable bonds is 4. The summed E-state index contributed by atoms with van der Waals surface area (Å²) >= 11 is 3.45.